The van der Waals surface area contributed by atoms with Gasteiger partial charge in [-0.15, -0.1) is 0 Å². The van der Waals surface area contributed by atoms with Crippen LogP contribution in [0, 0.1) is 16.7 Å². The molecule has 1 saturated carbocycles. The molecule has 0 saturated heterocycles. The Kier molecular flexibility index (Phi) is 8.16. The minimum Gasteiger partial charge on any atom is -0.459 e. The van der Waals surface area contributed by atoms with Crippen molar-refractivity contribution in [3.8, 4) is 6.07 Å². The smallest absolute Gasteiger partial charge is 0.338 e. The van der Waals surface area contributed by atoms with Gasteiger partial charge in [0, 0.05) is 0 Å². The Morgan fingerprint density at radius 1 is 1.12 bits per heavy atom. The second-order valence-electron chi connectivity index (χ2n) is 7.75. The average Bonchev–Trinajstić information content (AvgIpc) is 2.67. The number of aryl methyl sites for hydroxylation is 1. The summed E-state index contributed by atoms with van der Waals surface area (Å²) in [5, 5.41) is 9.66. The van der Waals surface area contributed by atoms with Crippen LogP contribution in [-0.4, -0.2) is 12.1 Å². The van der Waals surface area contributed by atoms with Crippen molar-refractivity contribution in [3.05, 3.63) is 35.4 Å². The van der Waals surface area contributed by atoms with Gasteiger partial charge < -0.3 is 4.74 Å². The summed E-state index contributed by atoms with van der Waals surface area (Å²) < 4.78 is 5.71. The summed E-state index contributed by atoms with van der Waals surface area (Å²) in [5.74, 6) is -0.231. The second kappa shape index (κ2) is 10.4. The van der Waals surface area contributed by atoms with Crippen LogP contribution < -0.4 is 0 Å². The number of ether oxygens (including phenoxy) is 1. The van der Waals surface area contributed by atoms with Crippen LogP contribution in [0.4, 0.5) is 0 Å². The summed E-state index contributed by atoms with van der Waals surface area (Å²) in [4.78, 5) is 12.4. The Bertz CT molecular complexity index is 592. The predicted molar refractivity (Wildman–Crippen MR) is 105 cm³/mol. The molecule has 0 radical (unpaired) electrons. The molecule has 0 N–H and O–H groups in total. The fourth-order valence-corrected chi connectivity index (χ4v) is 3.89. The quantitative estimate of drug-likeness (QED) is 0.390. The molecule has 0 aromatic heterocycles. The molecule has 1 aliphatic carbocycles. The number of benzene rings is 1. The predicted octanol–water partition coefficient (Wildman–Crippen LogP) is 6.22. The van der Waals surface area contributed by atoms with Crippen molar-refractivity contribution in [2.75, 3.05) is 0 Å². The number of rotatable bonds is 9. The topological polar surface area (TPSA) is 50.1 Å². The number of unbranched alkanes of at least 4 members (excludes halogenated alkanes) is 3. The van der Waals surface area contributed by atoms with Crippen LogP contribution in [0.3, 0.4) is 0 Å². The Labute approximate surface area is 158 Å². The summed E-state index contributed by atoms with van der Waals surface area (Å²) >= 11 is 0. The number of carbonyl (C=O) groups excluding carboxylic acids is 1. The first-order valence-corrected chi connectivity index (χ1v) is 10.3. The van der Waals surface area contributed by atoms with Gasteiger partial charge in [-0.05, 0) is 56.2 Å². The molecule has 0 aliphatic heterocycles. The Balaban J connectivity index is 1.81. The Morgan fingerprint density at radius 3 is 2.38 bits per heavy atom. The standard InChI is InChI=1S/C23H33NO2/c1-3-5-6-7-15-23(18-24)16-13-21(14-17-23)26-22(25)20-11-9-19(8-4-2)10-12-20/h9-12,21H,3-8,13-17H2,1-2H3/t21-,23+. The molecule has 1 aliphatic rings. The number of carbonyl (C=O) groups is 1. The highest BCUT2D eigenvalue weighted by Crippen LogP contribution is 2.41. The van der Waals surface area contributed by atoms with Gasteiger partial charge in [0.15, 0.2) is 0 Å². The Morgan fingerprint density at radius 2 is 1.81 bits per heavy atom. The zero-order valence-electron chi connectivity index (χ0n) is 16.4. The zero-order valence-corrected chi connectivity index (χ0v) is 16.4. The van der Waals surface area contributed by atoms with Gasteiger partial charge in [-0.1, -0.05) is 58.1 Å². The monoisotopic (exact) mass is 355 g/mol. The lowest BCUT2D eigenvalue weighted by Crippen LogP contribution is -2.31. The third kappa shape index (κ3) is 5.87. The molecule has 1 fully saturated rings. The Hall–Kier alpha value is -1.82. The lowest BCUT2D eigenvalue weighted by molar-refractivity contribution is 0.0105. The summed E-state index contributed by atoms with van der Waals surface area (Å²) in [6.07, 6.45) is 11.2. The summed E-state index contributed by atoms with van der Waals surface area (Å²) in [6.45, 7) is 4.35. The molecule has 0 atom stereocenters. The fraction of sp³-hybridized carbons (Fsp3) is 0.652. The minimum absolute atomic E-state index is 0.0464. The van der Waals surface area contributed by atoms with E-state index in [1.54, 1.807) is 0 Å². The number of esters is 1. The van der Waals surface area contributed by atoms with Crippen molar-refractivity contribution in [1.82, 2.24) is 0 Å². The van der Waals surface area contributed by atoms with Gasteiger partial charge in [-0.3, -0.25) is 0 Å². The van der Waals surface area contributed by atoms with Gasteiger partial charge >= 0.3 is 5.97 Å². The van der Waals surface area contributed by atoms with Gasteiger partial charge in [0.05, 0.1) is 17.0 Å². The van der Waals surface area contributed by atoms with Gasteiger partial charge in [0.25, 0.3) is 0 Å². The highest BCUT2D eigenvalue weighted by Gasteiger charge is 2.36. The van der Waals surface area contributed by atoms with Crippen LogP contribution in [-0.2, 0) is 11.2 Å². The first-order chi connectivity index (χ1) is 12.6. The normalized spacial score (nSPS) is 22.6. The summed E-state index contributed by atoms with van der Waals surface area (Å²) in [6, 6.07) is 10.3. The molecule has 3 heteroatoms. The van der Waals surface area contributed by atoms with Crippen LogP contribution in [0.1, 0.15) is 94.0 Å². The van der Waals surface area contributed by atoms with Gasteiger partial charge in [0.1, 0.15) is 6.10 Å². The van der Waals surface area contributed by atoms with E-state index < -0.39 is 0 Å². The molecule has 1 aromatic carbocycles. The van der Waals surface area contributed by atoms with Crippen molar-refractivity contribution in [1.29, 1.82) is 5.26 Å². The van der Waals surface area contributed by atoms with Crippen LogP contribution in [0.25, 0.3) is 0 Å². The second-order valence-corrected chi connectivity index (χ2v) is 7.75. The fourth-order valence-electron chi connectivity index (χ4n) is 3.89. The van der Waals surface area contributed by atoms with E-state index in [-0.39, 0.29) is 17.5 Å². The number of nitrogens with zero attached hydrogens (tertiary/aromatic N) is 1. The van der Waals surface area contributed by atoms with Crippen molar-refractivity contribution in [2.24, 2.45) is 5.41 Å². The molecule has 0 heterocycles. The number of hydrogen-bond donors (Lipinski definition) is 0. The maximum Gasteiger partial charge on any atom is 0.338 e. The SMILES string of the molecule is CCCCCC[C@]1(C#N)CC[C@@H](OC(=O)c2ccc(CCC)cc2)CC1. The zero-order chi connectivity index (χ0) is 18.8. The molecule has 0 bridgehead atoms. The summed E-state index contributed by atoms with van der Waals surface area (Å²) in [5.41, 5.74) is 1.68. The molecule has 0 unspecified atom stereocenters. The third-order valence-corrected chi connectivity index (χ3v) is 5.64. The van der Waals surface area contributed by atoms with Crippen LogP contribution >= 0.6 is 0 Å². The number of hydrogen-bond acceptors (Lipinski definition) is 3. The first kappa shape index (κ1) is 20.5. The van der Waals surface area contributed by atoms with E-state index in [0.29, 0.717) is 5.56 Å². The van der Waals surface area contributed by atoms with Gasteiger partial charge in [-0.25, -0.2) is 4.79 Å². The van der Waals surface area contributed by atoms with E-state index in [9.17, 15) is 10.1 Å². The van der Waals surface area contributed by atoms with Gasteiger partial charge in [-0.2, -0.15) is 5.26 Å². The van der Waals surface area contributed by atoms with E-state index in [0.717, 1.165) is 51.4 Å². The third-order valence-electron chi connectivity index (χ3n) is 5.64. The van der Waals surface area contributed by atoms with E-state index in [4.69, 9.17) is 4.74 Å². The van der Waals surface area contributed by atoms with E-state index >= 15 is 0 Å². The lowest BCUT2D eigenvalue weighted by atomic mass is 9.71. The van der Waals surface area contributed by atoms with Crippen molar-refractivity contribution < 1.29 is 9.53 Å². The summed E-state index contributed by atoms with van der Waals surface area (Å²) in [7, 11) is 0. The molecule has 2 rings (SSSR count). The maximum atomic E-state index is 12.4. The van der Waals surface area contributed by atoms with Crippen LogP contribution in [0.5, 0.6) is 0 Å². The molecule has 26 heavy (non-hydrogen) atoms. The molecular formula is C23H33NO2. The van der Waals surface area contributed by atoms with Gasteiger partial charge in [0.2, 0.25) is 0 Å². The van der Waals surface area contributed by atoms with Crippen LogP contribution in [0.2, 0.25) is 0 Å². The molecular weight excluding hydrogens is 322 g/mol. The highest BCUT2D eigenvalue weighted by molar-refractivity contribution is 5.89. The van der Waals surface area contributed by atoms with E-state index in [1.807, 2.05) is 24.3 Å². The van der Waals surface area contributed by atoms with Crippen molar-refractivity contribution in [3.63, 3.8) is 0 Å². The minimum atomic E-state index is -0.231. The maximum absolute atomic E-state index is 12.4. The molecule has 142 valence electrons. The molecule has 0 amide bonds. The highest BCUT2D eigenvalue weighted by atomic mass is 16.5. The molecule has 3 nitrogen and oxygen atoms in total. The first-order valence-electron chi connectivity index (χ1n) is 10.3. The number of nitriles is 1. The molecule has 0 spiro atoms. The van der Waals surface area contributed by atoms with Crippen molar-refractivity contribution in [2.45, 2.75) is 90.6 Å². The van der Waals surface area contributed by atoms with E-state index in [1.165, 1.54) is 24.8 Å². The van der Waals surface area contributed by atoms with Crippen LogP contribution in [0.15, 0.2) is 24.3 Å². The largest absolute Gasteiger partial charge is 0.459 e. The van der Waals surface area contributed by atoms with Crippen molar-refractivity contribution >= 4 is 5.97 Å². The average molecular weight is 356 g/mol. The lowest BCUT2D eigenvalue weighted by Gasteiger charge is -2.34. The molecule has 1 aromatic rings. The van der Waals surface area contributed by atoms with E-state index in [2.05, 4.69) is 19.9 Å².